The van der Waals surface area contributed by atoms with Crippen molar-refractivity contribution >= 4 is 34.8 Å². The van der Waals surface area contributed by atoms with Crippen LogP contribution >= 0.6 is 0 Å². The summed E-state index contributed by atoms with van der Waals surface area (Å²) in [6.45, 7) is 6.00. The summed E-state index contributed by atoms with van der Waals surface area (Å²) < 4.78 is 47.3. The van der Waals surface area contributed by atoms with Crippen LogP contribution in [0.5, 0.6) is 5.75 Å². The molecule has 5 heterocycles. The van der Waals surface area contributed by atoms with E-state index in [1.807, 2.05) is 53.6 Å². The molecule has 4 aromatic rings. The first-order valence-corrected chi connectivity index (χ1v) is 19.0. The maximum Gasteiger partial charge on any atom is 0.255 e. The zero-order valence-electron chi connectivity index (χ0n) is 31.1. The highest BCUT2D eigenvalue weighted by Crippen LogP contribution is 2.43. The van der Waals surface area contributed by atoms with Crippen molar-refractivity contribution in [2.24, 2.45) is 4.99 Å². The average Bonchev–Trinajstić information content (AvgIpc) is 3.63. The van der Waals surface area contributed by atoms with Crippen molar-refractivity contribution in [3.05, 3.63) is 126 Å². The van der Waals surface area contributed by atoms with Gasteiger partial charge >= 0.3 is 0 Å². The summed E-state index contributed by atoms with van der Waals surface area (Å²) in [4.78, 5) is 36.9. The number of allylic oxidation sites excluding steroid dienone is 2. The summed E-state index contributed by atoms with van der Waals surface area (Å²) in [6, 6.07) is 18.0. The number of hydrogen-bond acceptors (Lipinski definition) is 10. The van der Waals surface area contributed by atoms with Crippen molar-refractivity contribution in [3.8, 4) is 5.75 Å². The first-order valence-electron chi connectivity index (χ1n) is 19.0. The topological polar surface area (TPSA) is 101 Å². The Labute approximate surface area is 324 Å². The summed E-state index contributed by atoms with van der Waals surface area (Å²) >= 11 is 0. The molecule has 8 rings (SSSR count). The number of methoxy groups -OCH3 is 1. The van der Waals surface area contributed by atoms with Gasteiger partial charge in [0.05, 0.1) is 18.5 Å². The Kier molecular flexibility index (Phi) is 11.0. The summed E-state index contributed by atoms with van der Waals surface area (Å²) in [7, 11) is 1.65. The number of aliphatic imine (C=N–C) groups is 1. The van der Waals surface area contributed by atoms with Crippen LogP contribution in [0.1, 0.15) is 46.5 Å². The highest BCUT2D eigenvalue weighted by Gasteiger charge is 2.38. The summed E-state index contributed by atoms with van der Waals surface area (Å²) in [5, 5.41) is 5.74. The minimum Gasteiger partial charge on any atom is -0.494 e. The van der Waals surface area contributed by atoms with Gasteiger partial charge in [-0.2, -0.15) is 0 Å². The molecule has 0 radical (unpaired) electrons. The van der Waals surface area contributed by atoms with E-state index in [9.17, 15) is 18.0 Å². The Balaban J connectivity index is 0.974. The predicted octanol–water partition coefficient (Wildman–Crippen LogP) is 6.90. The van der Waals surface area contributed by atoms with Gasteiger partial charge < -0.3 is 25.2 Å². The lowest BCUT2D eigenvalue weighted by Gasteiger charge is -2.43. The summed E-state index contributed by atoms with van der Waals surface area (Å²) in [5.74, 6) is -0.580. The van der Waals surface area contributed by atoms with E-state index in [0.717, 1.165) is 87.0 Å². The largest absolute Gasteiger partial charge is 0.494 e. The third-order valence-corrected chi connectivity index (χ3v) is 11.0. The highest BCUT2D eigenvalue weighted by molar-refractivity contribution is 6.04. The molecule has 56 heavy (non-hydrogen) atoms. The zero-order valence-corrected chi connectivity index (χ0v) is 31.1. The molecule has 2 fully saturated rings. The highest BCUT2D eigenvalue weighted by atomic mass is 19.1. The molecule has 14 heteroatoms. The third-order valence-electron chi connectivity index (χ3n) is 11.0. The molecule has 3 aromatic carbocycles. The Bertz CT molecular complexity index is 2130. The quantitative estimate of drug-likeness (QED) is 0.169. The lowest BCUT2D eigenvalue weighted by Crippen LogP contribution is -2.53. The molecule has 2 unspecified atom stereocenters. The first-order chi connectivity index (χ1) is 27.4. The molecule has 0 spiro atoms. The predicted molar refractivity (Wildman–Crippen MR) is 211 cm³/mol. The normalized spacial score (nSPS) is 20.2. The van der Waals surface area contributed by atoms with Gasteiger partial charge in [0.15, 0.2) is 0 Å². The fraction of sp³-hybridized carbons (Fsp3) is 0.333. The Morgan fingerprint density at radius 1 is 0.929 bits per heavy atom. The van der Waals surface area contributed by atoms with Gasteiger partial charge in [0.2, 0.25) is 5.95 Å². The number of halogens is 3. The fourth-order valence-corrected chi connectivity index (χ4v) is 8.04. The number of alkyl halides is 1. The third kappa shape index (κ3) is 7.84. The molecule has 11 nitrogen and oxygen atoms in total. The van der Waals surface area contributed by atoms with Crippen LogP contribution in [0.25, 0.3) is 0 Å². The summed E-state index contributed by atoms with van der Waals surface area (Å²) in [6.07, 6.45) is 11.5. The monoisotopic (exact) mass is 763 g/mol. The molecular weight excluding hydrogens is 720 g/mol. The number of fused-ring (bicyclic) bond motifs is 1. The smallest absolute Gasteiger partial charge is 0.255 e. The Hall–Kier alpha value is -5.73. The van der Waals surface area contributed by atoms with Crippen molar-refractivity contribution in [2.45, 2.75) is 31.0 Å². The van der Waals surface area contributed by atoms with Gasteiger partial charge in [-0.05, 0) is 73.0 Å². The van der Waals surface area contributed by atoms with Crippen LogP contribution in [0.3, 0.4) is 0 Å². The number of rotatable bonds is 11. The molecule has 4 aliphatic heterocycles. The van der Waals surface area contributed by atoms with E-state index in [1.165, 1.54) is 6.07 Å². The van der Waals surface area contributed by atoms with E-state index < -0.39 is 29.3 Å². The van der Waals surface area contributed by atoms with Crippen LogP contribution in [0.15, 0.2) is 102 Å². The number of piperazine rings is 1. The number of carbonyl (C=O) groups is 1. The van der Waals surface area contributed by atoms with E-state index >= 15 is 0 Å². The molecule has 290 valence electrons. The minimum atomic E-state index is -0.858. The van der Waals surface area contributed by atoms with Crippen LogP contribution in [0.4, 0.5) is 36.2 Å². The molecule has 1 amide bonds. The van der Waals surface area contributed by atoms with Gasteiger partial charge in [0.1, 0.15) is 47.7 Å². The average molecular weight is 764 g/mol. The van der Waals surface area contributed by atoms with Gasteiger partial charge in [-0.1, -0.05) is 24.3 Å². The van der Waals surface area contributed by atoms with Crippen molar-refractivity contribution in [3.63, 3.8) is 0 Å². The number of ether oxygens (including phenoxy) is 1. The molecule has 0 bridgehead atoms. The number of hydrogen-bond donors (Lipinski definition) is 2. The molecule has 0 saturated carbocycles. The van der Waals surface area contributed by atoms with Crippen LogP contribution in [0.2, 0.25) is 0 Å². The SMILES string of the molecule is COc1cc(N2CCC(N3CCN(CCF)CC3)CC2)ccc1Nc1nccc(C2C(c3cccc(C(=O)Nc4c(F)cccc4F)c3)N=C3C=CC=CN32)n1. The fourth-order valence-electron chi connectivity index (χ4n) is 8.04. The standard InChI is InChI=1S/C42H44F3N9O2/c1-56-36-27-31(52-19-14-30(15-20-52)53-24-22-51(21-16-43)23-25-53)11-12-34(36)47-42-46-17-13-35(48-42)40-38(49-37-10-2-3-18-54(37)40)28-6-4-7-29(26-28)41(55)50-39-32(44)8-5-9-33(39)45/h2-13,17-18,26-27,30,38,40H,14-16,19-25H2,1H3,(H,50,55)(H,46,47,48). The number of amides is 1. The van der Waals surface area contributed by atoms with Crippen LogP contribution < -0.4 is 20.3 Å². The lowest BCUT2D eigenvalue weighted by atomic mass is 9.95. The number of piperidine rings is 1. The van der Waals surface area contributed by atoms with Gasteiger partial charge in [-0.25, -0.2) is 23.1 Å². The van der Waals surface area contributed by atoms with Crippen LogP contribution in [-0.2, 0) is 0 Å². The van der Waals surface area contributed by atoms with Crippen LogP contribution in [-0.4, -0.2) is 102 Å². The number of carbonyl (C=O) groups excluding carboxylic acids is 1. The number of amidine groups is 1. The van der Waals surface area contributed by atoms with Gasteiger partial charge in [-0.15, -0.1) is 0 Å². The number of para-hydroxylation sites is 1. The van der Waals surface area contributed by atoms with Gasteiger partial charge in [0.25, 0.3) is 5.91 Å². The number of anilines is 4. The van der Waals surface area contributed by atoms with Crippen molar-refractivity contribution in [1.29, 1.82) is 0 Å². The molecule has 2 saturated heterocycles. The molecule has 2 N–H and O–H groups in total. The van der Waals surface area contributed by atoms with E-state index in [-0.39, 0.29) is 18.3 Å². The van der Waals surface area contributed by atoms with Crippen molar-refractivity contribution in [2.75, 3.05) is 75.1 Å². The number of aromatic nitrogens is 2. The maximum absolute atomic E-state index is 14.3. The van der Waals surface area contributed by atoms with E-state index in [1.54, 1.807) is 31.5 Å². The number of nitrogens with zero attached hydrogens (tertiary/aromatic N) is 7. The zero-order chi connectivity index (χ0) is 38.6. The Morgan fingerprint density at radius 3 is 2.48 bits per heavy atom. The molecule has 0 aliphatic carbocycles. The molecule has 4 aliphatic rings. The molecule has 2 atom stereocenters. The van der Waals surface area contributed by atoms with Crippen LogP contribution in [0, 0.1) is 11.6 Å². The second-order valence-electron chi connectivity index (χ2n) is 14.3. The van der Waals surface area contributed by atoms with Crippen molar-refractivity contribution < 1.29 is 22.7 Å². The number of nitrogens with one attached hydrogen (secondary N) is 2. The van der Waals surface area contributed by atoms with E-state index in [2.05, 4.69) is 36.4 Å². The minimum absolute atomic E-state index is 0.231. The molecule has 1 aromatic heterocycles. The second-order valence-corrected chi connectivity index (χ2v) is 14.3. The van der Waals surface area contributed by atoms with Gasteiger partial charge in [-0.3, -0.25) is 19.6 Å². The van der Waals surface area contributed by atoms with Gasteiger partial charge in [0, 0.05) is 81.6 Å². The first kappa shape index (κ1) is 37.2. The second kappa shape index (κ2) is 16.6. The van der Waals surface area contributed by atoms with E-state index in [4.69, 9.17) is 14.7 Å². The van der Waals surface area contributed by atoms with Crippen molar-refractivity contribution in [1.82, 2.24) is 24.7 Å². The lowest BCUT2D eigenvalue weighted by molar-refractivity contribution is 0.0816. The van der Waals surface area contributed by atoms with E-state index in [0.29, 0.717) is 30.0 Å². The Morgan fingerprint density at radius 2 is 1.71 bits per heavy atom. The molecular formula is C42H44F3N9O2. The maximum atomic E-state index is 14.3. The summed E-state index contributed by atoms with van der Waals surface area (Å²) in [5.41, 5.74) is 2.96. The number of benzene rings is 3.